The molecule has 0 aliphatic rings. The van der Waals surface area contributed by atoms with Crippen LogP contribution in [0.2, 0.25) is 0 Å². The molecule has 0 amide bonds. The van der Waals surface area contributed by atoms with Crippen LogP contribution in [-0.2, 0) is 9.59 Å². The van der Waals surface area contributed by atoms with Crippen molar-refractivity contribution in [2.24, 2.45) is 17.6 Å². The maximum atomic E-state index is 11.5. The van der Waals surface area contributed by atoms with Gasteiger partial charge in [0.15, 0.2) is 0 Å². The Kier molecular flexibility index (Phi) is 26.0. The first-order chi connectivity index (χ1) is 14.9. The summed E-state index contributed by atoms with van der Waals surface area (Å²) in [5.41, 5.74) is 5.21. The molecular formula is C26H53NO4. The molecule has 0 spiro atoms. The van der Waals surface area contributed by atoms with Crippen molar-refractivity contribution in [2.45, 2.75) is 136 Å². The number of hydrogen-bond donors (Lipinski definition) is 3. The van der Waals surface area contributed by atoms with Crippen LogP contribution in [0.15, 0.2) is 0 Å². The van der Waals surface area contributed by atoms with Gasteiger partial charge < -0.3 is 15.9 Å². The predicted molar refractivity (Wildman–Crippen MR) is 131 cm³/mol. The van der Waals surface area contributed by atoms with Crippen molar-refractivity contribution in [3.05, 3.63) is 0 Å². The summed E-state index contributed by atoms with van der Waals surface area (Å²) < 4.78 is 0. The summed E-state index contributed by atoms with van der Waals surface area (Å²) in [5, 5.41) is 18.8. The van der Waals surface area contributed by atoms with Gasteiger partial charge in [-0.15, -0.1) is 0 Å². The predicted octanol–water partition coefficient (Wildman–Crippen LogP) is 7.41. The van der Waals surface area contributed by atoms with Crippen LogP contribution < -0.4 is 5.73 Å². The van der Waals surface area contributed by atoms with Crippen molar-refractivity contribution in [1.29, 1.82) is 0 Å². The minimum absolute atomic E-state index is 0.286. The van der Waals surface area contributed by atoms with E-state index in [1.54, 1.807) is 0 Å². The van der Waals surface area contributed by atoms with Crippen LogP contribution in [0.3, 0.4) is 0 Å². The minimum Gasteiger partial charge on any atom is -0.481 e. The van der Waals surface area contributed by atoms with Gasteiger partial charge in [-0.25, -0.2) is 0 Å². The Morgan fingerprint density at radius 1 is 0.581 bits per heavy atom. The lowest BCUT2D eigenvalue weighted by molar-refractivity contribution is -0.146. The van der Waals surface area contributed by atoms with E-state index in [9.17, 15) is 19.8 Å². The smallest absolute Gasteiger partial charge is 0.306 e. The Bertz CT molecular complexity index is 365. The quantitative estimate of drug-likeness (QED) is 0.160. The maximum Gasteiger partial charge on any atom is 0.306 e. The Balaban J connectivity index is 0. The summed E-state index contributed by atoms with van der Waals surface area (Å²) in [4.78, 5) is 23.0. The number of aliphatic carboxylic acids is 2. The lowest BCUT2D eigenvalue weighted by Gasteiger charge is -2.18. The molecule has 2 atom stereocenters. The summed E-state index contributed by atoms with van der Waals surface area (Å²) in [5.74, 6) is -2.68. The fraction of sp³-hybridized carbons (Fsp3) is 0.923. The zero-order valence-electron chi connectivity index (χ0n) is 20.9. The highest BCUT2D eigenvalue weighted by atomic mass is 16.4. The van der Waals surface area contributed by atoms with E-state index >= 15 is 0 Å². The number of carboxylic acid groups (broad SMARTS) is 2. The third-order valence-corrected chi connectivity index (χ3v) is 5.89. The molecule has 2 unspecified atom stereocenters. The van der Waals surface area contributed by atoms with E-state index in [-0.39, 0.29) is 6.42 Å². The van der Waals surface area contributed by atoms with Crippen molar-refractivity contribution >= 4 is 11.9 Å². The molecule has 0 rings (SSSR count). The van der Waals surface area contributed by atoms with Gasteiger partial charge in [0.2, 0.25) is 0 Å². The van der Waals surface area contributed by atoms with Gasteiger partial charge in [-0.05, 0) is 32.2 Å². The number of hydrogen-bond acceptors (Lipinski definition) is 3. The first-order valence-corrected chi connectivity index (χ1v) is 13.1. The normalized spacial score (nSPS) is 12.6. The molecular weight excluding hydrogens is 390 g/mol. The summed E-state index contributed by atoms with van der Waals surface area (Å²) >= 11 is 0. The van der Waals surface area contributed by atoms with Gasteiger partial charge in [-0.2, -0.15) is 0 Å². The van der Waals surface area contributed by atoms with Gasteiger partial charge in [-0.1, -0.05) is 111 Å². The second-order valence-corrected chi connectivity index (χ2v) is 8.91. The van der Waals surface area contributed by atoms with E-state index in [1.165, 1.54) is 57.8 Å². The number of carbonyl (C=O) groups is 2. The molecule has 0 fully saturated rings. The van der Waals surface area contributed by atoms with E-state index in [4.69, 9.17) is 5.73 Å². The second-order valence-electron chi connectivity index (χ2n) is 8.91. The van der Waals surface area contributed by atoms with Gasteiger partial charge in [0, 0.05) is 0 Å². The number of carboxylic acids is 2. The van der Waals surface area contributed by atoms with Crippen molar-refractivity contribution in [1.82, 2.24) is 0 Å². The molecule has 5 heteroatoms. The average molecular weight is 444 g/mol. The maximum absolute atomic E-state index is 11.5. The Labute approximate surface area is 192 Å². The number of rotatable bonds is 21. The number of unbranched alkanes of at least 4 members (excludes halogenated alkanes) is 12. The van der Waals surface area contributed by atoms with E-state index in [1.807, 2.05) is 0 Å². The zero-order valence-corrected chi connectivity index (χ0v) is 20.9. The van der Waals surface area contributed by atoms with Crippen LogP contribution >= 0.6 is 0 Å². The van der Waals surface area contributed by atoms with Crippen LogP contribution in [0.1, 0.15) is 136 Å². The molecule has 31 heavy (non-hydrogen) atoms. The molecule has 5 nitrogen and oxygen atoms in total. The van der Waals surface area contributed by atoms with E-state index in [0.717, 1.165) is 45.1 Å². The highest BCUT2D eigenvalue weighted by molar-refractivity contribution is 5.73. The van der Waals surface area contributed by atoms with E-state index in [2.05, 4.69) is 20.8 Å². The van der Waals surface area contributed by atoms with Crippen LogP contribution in [0, 0.1) is 11.8 Å². The third-order valence-electron chi connectivity index (χ3n) is 5.89. The molecule has 4 N–H and O–H groups in total. The average Bonchev–Trinajstić information content (AvgIpc) is 2.74. The van der Waals surface area contributed by atoms with Crippen molar-refractivity contribution in [3.63, 3.8) is 0 Å². The van der Waals surface area contributed by atoms with Crippen LogP contribution in [0.4, 0.5) is 0 Å². The Morgan fingerprint density at radius 3 is 1.19 bits per heavy atom. The molecule has 0 aromatic rings. The van der Waals surface area contributed by atoms with Gasteiger partial charge >= 0.3 is 11.9 Å². The fourth-order valence-electron chi connectivity index (χ4n) is 3.76. The molecule has 0 saturated heterocycles. The molecule has 0 aromatic heterocycles. The summed E-state index contributed by atoms with van der Waals surface area (Å²) in [7, 11) is 0. The Hall–Kier alpha value is -1.10. The van der Waals surface area contributed by atoms with Gasteiger partial charge in [0.05, 0.1) is 11.8 Å². The lowest BCUT2D eigenvalue weighted by Crippen LogP contribution is -2.23. The monoisotopic (exact) mass is 443 g/mol. The third kappa shape index (κ3) is 23.4. The first kappa shape index (κ1) is 32.1. The van der Waals surface area contributed by atoms with Crippen LogP contribution in [-0.4, -0.2) is 28.7 Å². The molecule has 186 valence electrons. The van der Waals surface area contributed by atoms with Gasteiger partial charge in [0.25, 0.3) is 0 Å². The minimum atomic E-state index is -0.831. The second kappa shape index (κ2) is 25.2. The first-order valence-electron chi connectivity index (χ1n) is 13.1. The van der Waals surface area contributed by atoms with Crippen molar-refractivity contribution in [2.75, 3.05) is 6.54 Å². The topological polar surface area (TPSA) is 101 Å². The van der Waals surface area contributed by atoms with Gasteiger partial charge in [-0.3, -0.25) is 9.59 Å². The Morgan fingerprint density at radius 2 is 0.903 bits per heavy atom. The van der Waals surface area contributed by atoms with Gasteiger partial charge in [0.1, 0.15) is 0 Å². The summed E-state index contributed by atoms with van der Waals surface area (Å²) in [6.07, 6.45) is 18.8. The molecule has 0 saturated carbocycles. The molecule has 0 aromatic carbocycles. The largest absolute Gasteiger partial charge is 0.481 e. The fourth-order valence-corrected chi connectivity index (χ4v) is 3.76. The lowest BCUT2D eigenvalue weighted by atomic mass is 9.87. The molecule has 0 aliphatic heterocycles. The summed E-state index contributed by atoms with van der Waals surface area (Å²) in [6.45, 7) is 7.39. The van der Waals surface area contributed by atoms with Crippen molar-refractivity contribution in [3.8, 4) is 0 Å². The molecule has 0 bridgehead atoms. The van der Waals surface area contributed by atoms with Crippen LogP contribution in [0.25, 0.3) is 0 Å². The van der Waals surface area contributed by atoms with Crippen LogP contribution in [0.5, 0.6) is 0 Å². The molecule has 0 radical (unpaired) electrons. The van der Waals surface area contributed by atoms with E-state index < -0.39 is 23.8 Å². The zero-order chi connectivity index (χ0) is 23.7. The van der Waals surface area contributed by atoms with Crippen molar-refractivity contribution < 1.29 is 19.8 Å². The SMILES string of the molecule is CCCCCCCCC(CC(CCCCCCCC)C(=O)O)C(=O)O.CCCCCN. The molecule has 0 aliphatic carbocycles. The standard InChI is InChI=1S/C21H40O4.C5H13N/c1-3-5-7-9-11-13-15-18(20(22)23)17-19(21(24)25)16-14-12-10-8-6-4-2;1-2-3-4-5-6/h18-19H,3-17H2,1-2H3,(H,22,23)(H,24,25);2-6H2,1H3. The summed E-state index contributed by atoms with van der Waals surface area (Å²) in [6, 6.07) is 0. The number of nitrogens with two attached hydrogens (primary N) is 1. The molecule has 0 heterocycles. The highest BCUT2D eigenvalue weighted by Gasteiger charge is 2.26. The van der Waals surface area contributed by atoms with E-state index in [0.29, 0.717) is 12.8 Å². The highest BCUT2D eigenvalue weighted by Crippen LogP contribution is 2.24.